The predicted molar refractivity (Wildman–Crippen MR) is 83.1 cm³/mol. The van der Waals surface area contributed by atoms with Crippen LogP contribution >= 0.6 is 0 Å². The summed E-state index contributed by atoms with van der Waals surface area (Å²) in [6, 6.07) is 2.77. The molecule has 1 aliphatic carbocycles. The summed E-state index contributed by atoms with van der Waals surface area (Å²) < 4.78 is 5.14. The molecule has 120 valence electrons. The molecule has 0 atom stereocenters. The minimum atomic E-state index is -0.656. The van der Waals surface area contributed by atoms with E-state index in [2.05, 4.69) is 5.32 Å². The molecule has 1 saturated heterocycles. The SMILES string of the molecule is O=C1NC(=O)N(C2CCCCC2)C(=O)/C1=C\C=C\c1ccco1. The van der Waals surface area contributed by atoms with Gasteiger partial charge < -0.3 is 4.42 Å². The minimum absolute atomic E-state index is 0.0296. The number of furan rings is 1. The van der Waals surface area contributed by atoms with E-state index < -0.39 is 17.8 Å². The molecule has 2 heterocycles. The molecule has 6 heteroatoms. The van der Waals surface area contributed by atoms with Gasteiger partial charge in [-0.2, -0.15) is 0 Å². The second kappa shape index (κ2) is 6.64. The number of nitrogens with zero attached hydrogens (tertiary/aromatic N) is 1. The Morgan fingerprint density at radius 3 is 2.65 bits per heavy atom. The average molecular weight is 314 g/mol. The summed E-state index contributed by atoms with van der Waals surface area (Å²) >= 11 is 0. The van der Waals surface area contributed by atoms with E-state index in [9.17, 15) is 14.4 Å². The van der Waals surface area contributed by atoms with E-state index >= 15 is 0 Å². The molecular formula is C17H18N2O4. The molecule has 1 aromatic rings. The quantitative estimate of drug-likeness (QED) is 0.687. The molecule has 1 N–H and O–H groups in total. The number of rotatable bonds is 3. The molecule has 6 nitrogen and oxygen atoms in total. The Bertz CT molecular complexity index is 667. The number of amides is 4. The normalized spacial score (nSPS) is 22.2. The van der Waals surface area contributed by atoms with Crippen molar-refractivity contribution in [3.8, 4) is 0 Å². The molecule has 0 radical (unpaired) electrons. The maximum Gasteiger partial charge on any atom is 0.331 e. The zero-order chi connectivity index (χ0) is 16.2. The Labute approximate surface area is 133 Å². The highest BCUT2D eigenvalue weighted by molar-refractivity contribution is 6.29. The van der Waals surface area contributed by atoms with Crippen LogP contribution in [0.4, 0.5) is 4.79 Å². The standard InChI is InChI=1S/C17H18N2O4/c20-15-14(10-4-8-13-9-5-11-23-13)16(21)19(17(22)18-15)12-6-2-1-3-7-12/h4-5,8-12H,1-3,6-7H2,(H,18,20,22)/b8-4+,14-10-. The van der Waals surface area contributed by atoms with Gasteiger partial charge >= 0.3 is 6.03 Å². The van der Waals surface area contributed by atoms with Gasteiger partial charge in [-0.05, 0) is 37.1 Å². The van der Waals surface area contributed by atoms with Crippen LogP contribution in [0.1, 0.15) is 37.9 Å². The molecule has 2 aliphatic rings. The second-order valence-corrected chi connectivity index (χ2v) is 5.68. The number of nitrogens with one attached hydrogen (secondary N) is 1. The minimum Gasteiger partial charge on any atom is -0.465 e. The number of imide groups is 2. The van der Waals surface area contributed by atoms with Gasteiger partial charge in [0.25, 0.3) is 11.8 Å². The van der Waals surface area contributed by atoms with Crippen LogP contribution in [0, 0.1) is 0 Å². The lowest BCUT2D eigenvalue weighted by Crippen LogP contribution is -2.58. The molecule has 2 fully saturated rings. The summed E-state index contributed by atoms with van der Waals surface area (Å²) in [5.74, 6) is -0.559. The molecule has 1 aromatic heterocycles. The molecule has 0 unspecified atom stereocenters. The van der Waals surface area contributed by atoms with Gasteiger partial charge in [0.05, 0.1) is 6.26 Å². The maximum absolute atomic E-state index is 12.6. The summed E-state index contributed by atoms with van der Waals surface area (Å²) in [5, 5.41) is 2.25. The zero-order valence-corrected chi connectivity index (χ0v) is 12.7. The molecule has 1 saturated carbocycles. The smallest absolute Gasteiger partial charge is 0.331 e. The van der Waals surface area contributed by atoms with Crippen molar-refractivity contribution < 1.29 is 18.8 Å². The van der Waals surface area contributed by atoms with Crippen LogP contribution in [0.15, 0.2) is 40.5 Å². The summed E-state index contributed by atoms with van der Waals surface area (Å²) in [7, 11) is 0. The van der Waals surface area contributed by atoms with Crippen molar-refractivity contribution in [3.63, 3.8) is 0 Å². The van der Waals surface area contributed by atoms with Crippen LogP contribution in [0.3, 0.4) is 0 Å². The third-order valence-electron chi connectivity index (χ3n) is 4.14. The van der Waals surface area contributed by atoms with Crippen LogP contribution in [0.25, 0.3) is 6.08 Å². The van der Waals surface area contributed by atoms with Gasteiger partial charge in [0.2, 0.25) is 0 Å². The Morgan fingerprint density at radius 2 is 1.96 bits per heavy atom. The Hall–Kier alpha value is -2.63. The molecule has 1 aliphatic heterocycles. The van der Waals surface area contributed by atoms with Gasteiger partial charge in [-0.15, -0.1) is 0 Å². The fraction of sp³-hybridized carbons (Fsp3) is 0.353. The zero-order valence-electron chi connectivity index (χ0n) is 12.7. The van der Waals surface area contributed by atoms with Crippen LogP contribution < -0.4 is 5.32 Å². The van der Waals surface area contributed by atoms with Crippen molar-refractivity contribution >= 4 is 23.9 Å². The molecule has 4 amide bonds. The summed E-state index contributed by atoms with van der Waals surface area (Å²) in [4.78, 5) is 37.7. The summed E-state index contributed by atoms with van der Waals surface area (Å²) in [6.45, 7) is 0. The number of allylic oxidation sites excluding steroid dienone is 2. The Balaban J connectivity index is 1.80. The highest BCUT2D eigenvalue weighted by atomic mass is 16.3. The first-order chi connectivity index (χ1) is 11.2. The van der Waals surface area contributed by atoms with E-state index in [1.807, 2.05) is 0 Å². The predicted octanol–water partition coefficient (Wildman–Crippen LogP) is 2.63. The van der Waals surface area contributed by atoms with Crippen molar-refractivity contribution in [3.05, 3.63) is 41.9 Å². The molecule has 0 spiro atoms. The number of urea groups is 1. The fourth-order valence-electron chi connectivity index (χ4n) is 2.99. The van der Waals surface area contributed by atoms with Gasteiger partial charge in [0.1, 0.15) is 11.3 Å². The number of hydrogen-bond donors (Lipinski definition) is 1. The van der Waals surface area contributed by atoms with Crippen LogP contribution in [0.2, 0.25) is 0 Å². The molecule has 23 heavy (non-hydrogen) atoms. The Morgan fingerprint density at radius 1 is 1.17 bits per heavy atom. The van der Waals surface area contributed by atoms with E-state index in [0.717, 1.165) is 32.1 Å². The number of carbonyl (C=O) groups excluding carboxylic acids is 3. The van der Waals surface area contributed by atoms with E-state index in [1.54, 1.807) is 24.3 Å². The fourth-order valence-corrected chi connectivity index (χ4v) is 2.99. The molecule has 0 aromatic carbocycles. The topological polar surface area (TPSA) is 79.6 Å². The van der Waals surface area contributed by atoms with Gasteiger partial charge in [0, 0.05) is 6.04 Å². The van der Waals surface area contributed by atoms with E-state index in [4.69, 9.17) is 4.42 Å². The number of carbonyl (C=O) groups is 3. The number of hydrogen-bond acceptors (Lipinski definition) is 4. The maximum atomic E-state index is 12.6. The largest absolute Gasteiger partial charge is 0.465 e. The van der Waals surface area contributed by atoms with Crippen LogP contribution in [-0.4, -0.2) is 28.8 Å². The Kier molecular flexibility index (Phi) is 4.41. The highest BCUT2D eigenvalue weighted by Crippen LogP contribution is 2.25. The van der Waals surface area contributed by atoms with Gasteiger partial charge in [-0.3, -0.25) is 19.8 Å². The van der Waals surface area contributed by atoms with E-state index in [-0.39, 0.29) is 11.6 Å². The third kappa shape index (κ3) is 3.26. The van der Waals surface area contributed by atoms with Crippen molar-refractivity contribution in [2.24, 2.45) is 0 Å². The first-order valence-electron chi connectivity index (χ1n) is 7.77. The monoisotopic (exact) mass is 314 g/mol. The first-order valence-corrected chi connectivity index (χ1v) is 7.77. The van der Waals surface area contributed by atoms with Gasteiger partial charge in [0.15, 0.2) is 0 Å². The van der Waals surface area contributed by atoms with Crippen molar-refractivity contribution in [2.75, 3.05) is 0 Å². The highest BCUT2D eigenvalue weighted by Gasteiger charge is 2.39. The third-order valence-corrected chi connectivity index (χ3v) is 4.14. The van der Waals surface area contributed by atoms with Gasteiger partial charge in [-0.1, -0.05) is 25.3 Å². The lowest BCUT2D eigenvalue weighted by atomic mass is 9.93. The van der Waals surface area contributed by atoms with Gasteiger partial charge in [-0.25, -0.2) is 4.79 Å². The van der Waals surface area contributed by atoms with Crippen LogP contribution in [0.5, 0.6) is 0 Å². The summed E-state index contributed by atoms with van der Waals surface area (Å²) in [6.07, 6.45) is 10.9. The first kappa shape index (κ1) is 15.3. The van der Waals surface area contributed by atoms with Crippen LogP contribution in [-0.2, 0) is 9.59 Å². The lowest BCUT2D eigenvalue weighted by molar-refractivity contribution is -0.132. The second-order valence-electron chi connectivity index (χ2n) is 5.68. The molecule has 0 bridgehead atoms. The van der Waals surface area contributed by atoms with Crippen molar-refractivity contribution in [1.29, 1.82) is 0 Å². The molecule has 3 rings (SSSR count). The summed E-state index contributed by atoms with van der Waals surface area (Å²) in [5.41, 5.74) is -0.0296. The van der Waals surface area contributed by atoms with Crippen molar-refractivity contribution in [1.82, 2.24) is 10.2 Å². The van der Waals surface area contributed by atoms with E-state index in [0.29, 0.717) is 5.76 Å². The number of barbiturate groups is 1. The lowest BCUT2D eigenvalue weighted by Gasteiger charge is -2.35. The molecular weight excluding hydrogens is 296 g/mol. The van der Waals surface area contributed by atoms with E-state index in [1.165, 1.54) is 17.2 Å². The van der Waals surface area contributed by atoms with Crippen molar-refractivity contribution in [2.45, 2.75) is 38.1 Å². The average Bonchev–Trinajstić information content (AvgIpc) is 3.04.